The second-order valence-electron chi connectivity index (χ2n) is 5.75. The molecule has 1 aromatic carbocycles. The maximum absolute atomic E-state index is 12.8. The zero-order valence-electron chi connectivity index (χ0n) is 13.7. The molecular formula is C17H16F3N3O2. The highest BCUT2D eigenvalue weighted by atomic mass is 19.4. The van der Waals surface area contributed by atoms with Crippen LogP contribution in [0.25, 0.3) is 11.5 Å². The Morgan fingerprint density at radius 1 is 1.16 bits per heavy atom. The molecular weight excluding hydrogens is 335 g/mol. The van der Waals surface area contributed by atoms with Gasteiger partial charge in [0.1, 0.15) is 5.76 Å². The zero-order valence-corrected chi connectivity index (χ0v) is 13.7. The van der Waals surface area contributed by atoms with Gasteiger partial charge in [0.2, 0.25) is 5.89 Å². The summed E-state index contributed by atoms with van der Waals surface area (Å²) in [7, 11) is 1.88. The summed E-state index contributed by atoms with van der Waals surface area (Å²) in [4.78, 5) is 6.30. The third kappa shape index (κ3) is 4.08. The first-order chi connectivity index (χ1) is 11.8. The van der Waals surface area contributed by atoms with Gasteiger partial charge in [0.25, 0.3) is 0 Å². The van der Waals surface area contributed by atoms with E-state index in [1.807, 2.05) is 11.9 Å². The maximum Gasteiger partial charge on any atom is 0.416 e. The topological polar surface area (TPSA) is 55.3 Å². The molecule has 0 N–H and O–H groups in total. The highest BCUT2D eigenvalue weighted by Crippen LogP contribution is 2.32. The van der Waals surface area contributed by atoms with Crippen molar-refractivity contribution in [1.82, 2.24) is 15.0 Å². The van der Waals surface area contributed by atoms with Crippen molar-refractivity contribution < 1.29 is 22.1 Å². The fraction of sp³-hybridized carbons (Fsp3) is 0.294. The molecule has 0 amide bonds. The minimum absolute atomic E-state index is 0.173. The maximum atomic E-state index is 12.8. The number of hydrogen-bond acceptors (Lipinski definition) is 5. The van der Waals surface area contributed by atoms with Gasteiger partial charge in [0.15, 0.2) is 5.76 Å². The summed E-state index contributed by atoms with van der Waals surface area (Å²) in [6.07, 6.45) is -2.84. The Morgan fingerprint density at radius 2 is 1.96 bits per heavy atom. The third-order valence-electron chi connectivity index (χ3n) is 3.67. The Kier molecular flexibility index (Phi) is 4.63. The van der Waals surface area contributed by atoms with Crippen LogP contribution in [0.4, 0.5) is 13.2 Å². The van der Waals surface area contributed by atoms with E-state index in [1.165, 1.54) is 6.07 Å². The second-order valence-corrected chi connectivity index (χ2v) is 5.75. The number of aryl methyl sites for hydroxylation is 1. The molecule has 0 saturated heterocycles. The highest BCUT2D eigenvalue weighted by Gasteiger charge is 2.30. The first kappa shape index (κ1) is 17.2. The number of nitrogens with zero attached hydrogens (tertiary/aromatic N) is 3. The van der Waals surface area contributed by atoms with Crippen molar-refractivity contribution in [3.8, 4) is 11.5 Å². The summed E-state index contributed by atoms with van der Waals surface area (Å²) >= 11 is 0. The molecule has 3 aromatic rings. The summed E-state index contributed by atoms with van der Waals surface area (Å²) in [5, 5.41) is 3.64. The van der Waals surface area contributed by atoms with Crippen molar-refractivity contribution >= 4 is 0 Å². The predicted molar refractivity (Wildman–Crippen MR) is 83.4 cm³/mol. The zero-order chi connectivity index (χ0) is 18.0. The molecule has 132 valence electrons. The molecule has 0 aliphatic rings. The Balaban J connectivity index is 1.78. The van der Waals surface area contributed by atoms with Gasteiger partial charge in [-0.1, -0.05) is 11.2 Å². The molecule has 0 aliphatic carbocycles. The molecule has 2 heterocycles. The lowest BCUT2D eigenvalue weighted by atomic mass is 10.1. The first-order valence-corrected chi connectivity index (χ1v) is 7.55. The summed E-state index contributed by atoms with van der Waals surface area (Å²) in [6.45, 7) is 2.74. The molecule has 0 saturated carbocycles. The Morgan fingerprint density at radius 3 is 2.64 bits per heavy atom. The number of alkyl halides is 3. The van der Waals surface area contributed by atoms with Crippen LogP contribution in [0, 0.1) is 6.92 Å². The summed E-state index contributed by atoms with van der Waals surface area (Å²) in [5.74, 6) is 1.45. The van der Waals surface area contributed by atoms with Gasteiger partial charge >= 0.3 is 6.18 Å². The molecule has 0 atom stereocenters. The molecule has 2 aromatic heterocycles. The lowest BCUT2D eigenvalue weighted by Gasteiger charge is -2.12. The van der Waals surface area contributed by atoms with Gasteiger partial charge in [-0.15, -0.1) is 0 Å². The van der Waals surface area contributed by atoms with Crippen LogP contribution < -0.4 is 0 Å². The molecule has 0 bridgehead atoms. The number of aromatic nitrogens is 2. The SMILES string of the molecule is Cc1oc(-c2cccc(C(F)(F)F)c2)nc1CN(C)Cc1ccno1. The number of halogens is 3. The van der Waals surface area contributed by atoms with Gasteiger partial charge in [-0.25, -0.2) is 4.98 Å². The van der Waals surface area contributed by atoms with Crippen LogP contribution in [-0.4, -0.2) is 22.1 Å². The molecule has 25 heavy (non-hydrogen) atoms. The van der Waals surface area contributed by atoms with E-state index in [1.54, 1.807) is 25.3 Å². The second kappa shape index (κ2) is 6.72. The summed E-state index contributed by atoms with van der Waals surface area (Å²) in [5.41, 5.74) is 0.223. The molecule has 5 nitrogen and oxygen atoms in total. The largest absolute Gasteiger partial charge is 0.441 e. The van der Waals surface area contributed by atoms with Crippen molar-refractivity contribution in [3.63, 3.8) is 0 Å². The minimum Gasteiger partial charge on any atom is -0.441 e. The van der Waals surface area contributed by atoms with Crippen LogP contribution in [0.2, 0.25) is 0 Å². The standard InChI is InChI=1S/C17H16F3N3O2/c1-11-15(10-23(2)9-14-6-7-21-25-14)22-16(24-11)12-4-3-5-13(8-12)17(18,19)20/h3-8H,9-10H2,1-2H3. The Bertz CT molecular complexity index is 841. The van der Waals surface area contributed by atoms with E-state index in [9.17, 15) is 13.2 Å². The van der Waals surface area contributed by atoms with E-state index in [-0.39, 0.29) is 5.89 Å². The Hall–Kier alpha value is -2.61. The van der Waals surface area contributed by atoms with Gasteiger partial charge in [0, 0.05) is 18.2 Å². The molecule has 3 rings (SSSR count). The van der Waals surface area contributed by atoms with Crippen LogP contribution in [0.3, 0.4) is 0 Å². The quantitative estimate of drug-likeness (QED) is 0.686. The summed E-state index contributed by atoms with van der Waals surface area (Å²) < 4.78 is 49.2. The van der Waals surface area contributed by atoms with E-state index in [0.29, 0.717) is 35.9 Å². The fourth-order valence-corrected chi connectivity index (χ4v) is 2.43. The van der Waals surface area contributed by atoms with Crippen LogP contribution in [0.15, 0.2) is 45.5 Å². The van der Waals surface area contributed by atoms with Crippen LogP contribution >= 0.6 is 0 Å². The number of rotatable bonds is 5. The highest BCUT2D eigenvalue weighted by molar-refractivity contribution is 5.55. The lowest BCUT2D eigenvalue weighted by Crippen LogP contribution is -2.17. The van der Waals surface area contributed by atoms with Gasteiger partial charge < -0.3 is 8.94 Å². The van der Waals surface area contributed by atoms with E-state index >= 15 is 0 Å². The van der Waals surface area contributed by atoms with Crippen LogP contribution in [-0.2, 0) is 19.3 Å². The first-order valence-electron chi connectivity index (χ1n) is 7.55. The van der Waals surface area contributed by atoms with Crippen molar-refractivity contribution in [1.29, 1.82) is 0 Å². The minimum atomic E-state index is -4.40. The van der Waals surface area contributed by atoms with Gasteiger partial charge in [-0.05, 0) is 32.2 Å². The van der Waals surface area contributed by atoms with Gasteiger partial charge in [-0.2, -0.15) is 13.2 Å². The monoisotopic (exact) mass is 351 g/mol. The predicted octanol–water partition coefficient (Wildman–Crippen LogP) is 4.29. The molecule has 0 radical (unpaired) electrons. The van der Waals surface area contributed by atoms with E-state index < -0.39 is 11.7 Å². The lowest BCUT2D eigenvalue weighted by molar-refractivity contribution is -0.137. The molecule has 8 heteroatoms. The number of hydrogen-bond donors (Lipinski definition) is 0. The Labute approximate surface area is 142 Å². The van der Waals surface area contributed by atoms with Gasteiger partial charge in [0.05, 0.1) is 24.0 Å². The van der Waals surface area contributed by atoms with Crippen molar-refractivity contribution in [2.24, 2.45) is 0 Å². The average molecular weight is 351 g/mol. The normalized spacial score (nSPS) is 12.1. The van der Waals surface area contributed by atoms with Crippen LogP contribution in [0.5, 0.6) is 0 Å². The molecule has 0 aliphatic heterocycles. The van der Waals surface area contributed by atoms with Gasteiger partial charge in [-0.3, -0.25) is 4.90 Å². The number of benzene rings is 1. The van der Waals surface area contributed by atoms with E-state index in [0.717, 1.165) is 12.1 Å². The summed E-state index contributed by atoms with van der Waals surface area (Å²) in [6, 6.07) is 6.70. The fourth-order valence-electron chi connectivity index (χ4n) is 2.43. The van der Waals surface area contributed by atoms with E-state index in [4.69, 9.17) is 8.94 Å². The molecule has 0 unspecified atom stereocenters. The van der Waals surface area contributed by atoms with E-state index in [2.05, 4.69) is 10.1 Å². The van der Waals surface area contributed by atoms with Crippen molar-refractivity contribution in [2.75, 3.05) is 7.05 Å². The van der Waals surface area contributed by atoms with Crippen molar-refractivity contribution in [3.05, 3.63) is 59.3 Å². The number of oxazole rings is 1. The average Bonchev–Trinajstić information content (AvgIpc) is 3.17. The molecule has 0 fully saturated rings. The third-order valence-corrected chi connectivity index (χ3v) is 3.67. The smallest absolute Gasteiger partial charge is 0.416 e. The molecule has 0 spiro atoms. The van der Waals surface area contributed by atoms with Crippen molar-refractivity contribution in [2.45, 2.75) is 26.2 Å². The van der Waals surface area contributed by atoms with Crippen LogP contribution in [0.1, 0.15) is 22.8 Å².